The highest BCUT2D eigenvalue weighted by molar-refractivity contribution is 14.0. The van der Waals surface area contributed by atoms with Gasteiger partial charge in [-0.25, -0.2) is 9.98 Å². The van der Waals surface area contributed by atoms with Gasteiger partial charge in [-0.15, -0.1) is 35.3 Å². The maximum Gasteiger partial charge on any atom is 0.191 e. The van der Waals surface area contributed by atoms with Crippen LogP contribution >= 0.6 is 35.3 Å². The number of hydrogen-bond acceptors (Lipinski definition) is 6. The van der Waals surface area contributed by atoms with Gasteiger partial charge in [0, 0.05) is 32.6 Å². The van der Waals surface area contributed by atoms with Gasteiger partial charge in [0.2, 0.25) is 0 Å². The van der Waals surface area contributed by atoms with Crippen LogP contribution in [0.3, 0.4) is 0 Å². The molecule has 0 bridgehead atoms. The highest BCUT2D eigenvalue weighted by Crippen LogP contribution is 2.24. The van der Waals surface area contributed by atoms with E-state index >= 15 is 0 Å². The largest absolute Gasteiger partial charge is 0.468 e. The SMILES string of the molecule is CCNC(=NCc1csc(N(C)C)n1)NCC(c1ccco1)N1CCCCC1.I. The second-order valence-electron chi connectivity index (χ2n) is 7.22. The molecular formula is C20H33IN6OS. The molecule has 2 aromatic heterocycles. The highest BCUT2D eigenvalue weighted by Gasteiger charge is 2.24. The molecule has 7 nitrogen and oxygen atoms in total. The maximum absolute atomic E-state index is 5.74. The van der Waals surface area contributed by atoms with Crippen molar-refractivity contribution in [3.8, 4) is 0 Å². The third kappa shape index (κ3) is 7.14. The van der Waals surface area contributed by atoms with E-state index in [4.69, 9.17) is 9.41 Å². The number of nitrogens with zero attached hydrogens (tertiary/aromatic N) is 4. The minimum atomic E-state index is 0. The standard InChI is InChI=1S/C20H32N6OS.HI/c1-4-21-19(22-13-16-15-28-20(24-16)25(2)3)23-14-17(18-9-8-12-27-18)26-10-6-5-7-11-26;/h8-9,12,15,17H,4-7,10-11,13-14H2,1-3H3,(H2,21,22,23);1H. The fraction of sp³-hybridized carbons (Fsp3) is 0.600. The molecule has 3 rings (SSSR count). The summed E-state index contributed by atoms with van der Waals surface area (Å²) in [6.45, 7) is 6.47. The molecule has 0 radical (unpaired) electrons. The fourth-order valence-corrected chi connectivity index (χ4v) is 4.14. The molecular weight excluding hydrogens is 499 g/mol. The van der Waals surface area contributed by atoms with Crippen LogP contribution < -0.4 is 15.5 Å². The van der Waals surface area contributed by atoms with Crippen molar-refractivity contribution in [2.75, 3.05) is 45.2 Å². The molecule has 1 fully saturated rings. The maximum atomic E-state index is 5.74. The minimum Gasteiger partial charge on any atom is -0.468 e. The zero-order chi connectivity index (χ0) is 19.8. The van der Waals surface area contributed by atoms with Gasteiger partial charge in [0.15, 0.2) is 11.1 Å². The lowest BCUT2D eigenvalue weighted by molar-refractivity contribution is 0.146. The van der Waals surface area contributed by atoms with Crippen LogP contribution in [0.4, 0.5) is 5.13 Å². The van der Waals surface area contributed by atoms with Crippen molar-refractivity contribution >= 4 is 46.4 Å². The Labute approximate surface area is 195 Å². The number of aliphatic imine (C=N–C) groups is 1. The molecule has 162 valence electrons. The predicted octanol–water partition coefficient (Wildman–Crippen LogP) is 3.70. The fourth-order valence-electron chi connectivity index (χ4n) is 3.39. The topological polar surface area (TPSA) is 68.9 Å². The summed E-state index contributed by atoms with van der Waals surface area (Å²) >= 11 is 1.64. The number of furan rings is 1. The molecule has 9 heteroatoms. The monoisotopic (exact) mass is 532 g/mol. The highest BCUT2D eigenvalue weighted by atomic mass is 127. The van der Waals surface area contributed by atoms with E-state index < -0.39 is 0 Å². The number of anilines is 1. The first kappa shape index (κ1) is 23.9. The Morgan fingerprint density at radius 2 is 2.10 bits per heavy atom. The number of rotatable bonds is 8. The zero-order valence-corrected chi connectivity index (χ0v) is 20.7. The van der Waals surface area contributed by atoms with Gasteiger partial charge in [-0.05, 0) is 45.0 Å². The molecule has 29 heavy (non-hydrogen) atoms. The van der Waals surface area contributed by atoms with E-state index in [0.29, 0.717) is 6.54 Å². The van der Waals surface area contributed by atoms with Crippen molar-refractivity contribution < 1.29 is 4.42 Å². The first-order valence-electron chi connectivity index (χ1n) is 10.1. The summed E-state index contributed by atoms with van der Waals surface area (Å²) in [4.78, 5) is 13.9. The lowest BCUT2D eigenvalue weighted by atomic mass is 10.1. The second-order valence-corrected chi connectivity index (χ2v) is 8.06. The molecule has 1 aliphatic rings. The van der Waals surface area contributed by atoms with E-state index in [1.807, 2.05) is 25.1 Å². The van der Waals surface area contributed by atoms with Gasteiger partial charge < -0.3 is 20.0 Å². The van der Waals surface area contributed by atoms with Crippen LogP contribution in [0.15, 0.2) is 33.2 Å². The van der Waals surface area contributed by atoms with Crippen LogP contribution in [0.1, 0.15) is 43.7 Å². The van der Waals surface area contributed by atoms with Gasteiger partial charge in [-0.2, -0.15) is 0 Å². The summed E-state index contributed by atoms with van der Waals surface area (Å²) in [5.74, 6) is 1.83. The number of nitrogens with one attached hydrogen (secondary N) is 2. The lowest BCUT2D eigenvalue weighted by Crippen LogP contribution is -2.44. The Kier molecular flexibility index (Phi) is 10.2. The second kappa shape index (κ2) is 12.4. The number of guanidine groups is 1. The summed E-state index contributed by atoms with van der Waals surface area (Å²) in [6.07, 6.45) is 5.59. The Morgan fingerprint density at radius 3 is 2.72 bits per heavy atom. The number of hydrogen-bond donors (Lipinski definition) is 2. The van der Waals surface area contributed by atoms with E-state index in [-0.39, 0.29) is 30.0 Å². The molecule has 0 saturated carbocycles. The number of thiazole rings is 1. The number of aromatic nitrogens is 1. The van der Waals surface area contributed by atoms with Crippen LogP contribution in [0.5, 0.6) is 0 Å². The summed E-state index contributed by atoms with van der Waals surface area (Å²) < 4.78 is 5.74. The van der Waals surface area contributed by atoms with Crippen molar-refractivity contribution in [2.45, 2.75) is 38.8 Å². The molecule has 1 saturated heterocycles. The average Bonchev–Trinajstić information content (AvgIpc) is 3.39. The molecule has 0 amide bonds. The van der Waals surface area contributed by atoms with Gasteiger partial charge >= 0.3 is 0 Å². The molecule has 2 aromatic rings. The normalized spacial score (nSPS) is 16.2. The first-order chi connectivity index (χ1) is 13.7. The lowest BCUT2D eigenvalue weighted by Gasteiger charge is -2.33. The Balaban J connectivity index is 0.00000300. The smallest absolute Gasteiger partial charge is 0.191 e. The molecule has 0 aromatic carbocycles. The van der Waals surface area contributed by atoms with Crippen molar-refractivity contribution in [3.05, 3.63) is 35.2 Å². The van der Waals surface area contributed by atoms with E-state index in [2.05, 4.69) is 38.9 Å². The van der Waals surface area contributed by atoms with Crippen LogP contribution in [0.25, 0.3) is 0 Å². The summed E-state index contributed by atoms with van der Waals surface area (Å²) in [7, 11) is 4.01. The third-order valence-corrected chi connectivity index (χ3v) is 5.89. The van der Waals surface area contributed by atoms with Crippen LogP contribution in [0.2, 0.25) is 0 Å². The number of halogens is 1. The van der Waals surface area contributed by atoms with E-state index in [9.17, 15) is 0 Å². The molecule has 0 spiro atoms. The summed E-state index contributed by atoms with van der Waals surface area (Å²) in [5, 5.41) is 9.93. The molecule has 0 aliphatic carbocycles. The molecule has 1 atom stereocenters. The van der Waals surface area contributed by atoms with Gasteiger partial charge in [0.05, 0.1) is 24.5 Å². The predicted molar refractivity (Wildman–Crippen MR) is 132 cm³/mol. The Morgan fingerprint density at radius 1 is 1.31 bits per heavy atom. The van der Waals surface area contributed by atoms with Crippen LogP contribution in [0, 0.1) is 0 Å². The molecule has 3 heterocycles. The van der Waals surface area contributed by atoms with E-state index in [0.717, 1.165) is 48.7 Å². The zero-order valence-electron chi connectivity index (χ0n) is 17.6. The number of likely N-dealkylation sites (tertiary alicyclic amines) is 1. The number of piperidine rings is 1. The summed E-state index contributed by atoms with van der Waals surface area (Å²) in [5.41, 5.74) is 0.990. The first-order valence-corrected chi connectivity index (χ1v) is 11.0. The molecule has 2 N–H and O–H groups in total. The average molecular weight is 532 g/mol. The Bertz CT molecular complexity index is 727. The van der Waals surface area contributed by atoms with Crippen molar-refractivity contribution in [1.82, 2.24) is 20.5 Å². The molecule has 1 aliphatic heterocycles. The van der Waals surface area contributed by atoms with Crippen molar-refractivity contribution in [1.29, 1.82) is 0 Å². The third-order valence-electron chi connectivity index (χ3n) is 4.83. The van der Waals surface area contributed by atoms with Gasteiger partial charge in [-0.3, -0.25) is 4.90 Å². The van der Waals surface area contributed by atoms with Crippen LogP contribution in [-0.2, 0) is 6.54 Å². The van der Waals surface area contributed by atoms with Crippen LogP contribution in [-0.4, -0.2) is 56.1 Å². The Hall–Kier alpha value is -1.33. The quantitative estimate of drug-likeness (QED) is 0.307. The van der Waals surface area contributed by atoms with Crippen molar-refractivity contribution in [3.63, 3.8) is 0 Å². The van der Waals surface area contributed by atoms with Crippen molar-refractivity contribution in [2.24, 2.45) is 4.99 Å². The van der Waals surface area contributed by atoms with E-state index in [1.165, 1.54) is 19.3 Å². The summed E-state index contributed by atoms with van der Waals surface area (Å²) in [6, 6.07) is 4.26. The minimum absolute atomic E-state index is 0. The molecule has 1 unspecified atom stereocenters. The van der Waals surface area contributed by atoms with Gasteiger partial charge in [0.1, 0.15) is 5.76 Å². The van der Waals surface area contributed by atoms with Gasteiger partial charge in [-0.1, -0.05) is 6.42 Å². The van der Waals surface area contributed by atoms with E-state index in [1.54, 1.807) is 17.6 Å². The van der Waals surface area contributed by atoms with Gasteiger partial charge in [0.25, 0.3) is 0 Å².